The number of fused-ring (bicyclic) bond motifs is 1. The number of carbonyl (C=O) groups is 3. The van der Waals surface area contributed by atoms with E-state index in [0.717, 1.165) is 10.8 Å². The lowest BCUT2D eigenvalue weighted by Gasteiger charge is -2.33. The van der Waals surface area contributed by atoms with Gasteiger partial charge in [-0.05, 0) is 35.0 Å². The van der Waals surface area contributed by atoms with Gasteiger partial charge in [-0.3, -0.25) is 14.4 Å². The van der Waals surface area contributed by atoms with Crippen LogP contribution in [0.1, 0.15) is 10.6 Å². The van der Waals surface area contributed by atoms with Gasteiger partial charge in [0.25, 0.3) is 5.91 Å². The number of hydrogen-bond donors (Lipinski definition) is 1. The highest BCUT2D eigenvalue weighted by Crippen LogP contribution is 2.19. The SMILES string of the molecule is O=C(Nc1ccc2ccccc2c1)C(=O)N1CCN(C(=O)c2ccco2)CC1. The third-order valence-electron chi connectivity index (χ3n) is 4.79. The summed E-state index contributed by atoms with van der Waals surface area (Å²) in [5, 5.41) is 4.71. The average molecular weight is 377 g/mol. The fourth-order valence-electron chi connectivity index (χ4n) is 3.26. The Morgan fingerprint density at radius 1 is 0.821 bits per heavy atom. The number of furan rings is 1. The van der Waals surface area contributed by atoms with E-state index in [9.17, 15) is 14.4 Å². The van der Waals surface area contributed by atoms with Gasteiger partial charge in [0.2, 0.25) is 0 Å². The van der Waals surface area contributed by atoms with Gasteiger partial charge in [0, 0.05) is 31.9 Å². The van der Waals surface area contributed by atoms with Gasteiger partial charge in [0.05, 0.1) is 6.26 Å². The zero-order chi connectivity index (χ0) is 19.5. The van der Waals surface area contributed by atoms with E-state index in [1.165, 1.54) is 11.2 Å². The summed E-state index contributed by atoms with van der Waals surface area (Å²) in [6, 6.07) is 16.6. The van der Waals surface area contributed by atoms with Crippen LogP contribution in [0.15, 0.2) is 65.3 Å². The van der Waals surface area contributed by atoms with Crippen LogP contribution >= 0.6 is 0 Å². The summed E-state index contributed by atoms with van der Waals surface area (Å²) < 4.78 is 5.12. The average Bonchev–Trinajstić information content (AvgIpc) is 3.27. The topological polar surface area (TPSA) is 82.9 Å². The van der Waals surface area contributed by atoms with Crippen molar-refractivity contribution in [1.82, 2.24) is 9.80 Å². The lowest BCUT2D eigenvalue weighted by molar-refractivity contribution is -0.144. The van der Waals surface area contributed by atoms with Crippen molar-refractivity contribution in [1.29, 1.82) is 0 Å². The molecule has 142 valence electrons. The summed E-state index contributed by atoms with van der Waals surface area (Å²) in [4.78, 5) is 40.2. The second-order valence-electron chi connectivity index (χ2n) is 6.58. The highest BCUT2D eigenvalue weighted by atomic mass is 16.3. The molecule has 1 N–H and O–H groups in total. The van der Waals surface area contributed by atoms with Gasteiger partial charge >= 0.3 is 11.8 Å². The number of benzene rings is 2. The molecule has 2 heterocycles. The van der Waals surface area contributed by atoms with Gasteiger partial charge in [-0.15, -0.1) is 0 Å². The van der Waals surface area contributed by atoms with E-state index >= 15 is 0 Å². The minimum Gasteiger partial charge on any atom is -0.459 e. The Kier molecular flexibility index (Phi) is 4.80. The highest BCUT2D eigenvalue weighted by Gasteiger charge is 2.29. The quantitative estimate of drug-likeness (QED) is 0.695. The highest BCUT2D eigenvalue weighted by molar-refractivity contribution is 6.39. The third-order valence-corrected chi connectivity index (χ3v) is 4.79. The number of hydrogen-bond acceptors (Lipinski definition) is 4. The Morgan fingerprint density at radius 3 is 2.25 bits per heavy atom. The van der Waals surface area contributed by atoms with Crippen LogP contribution in [0.2, 0.25) is 0 Å². The van der Waals surface area contributed by atoms with Crippen LogP contribution in [0.5, 0.6) is 0 Å². The van der Waals surface area contributed by atoms with E-state index in [2.05, 4.69) is 5.32 Å². The number of piperazine rings is 1. The Labute approximate surface area is 161 Å². The molecule has 1 aliphatic heterocycles. The van der Waals surface area contributed by atoms with E-state index < -0.39 is 11.8 Å². The standard InChI is InChI=1S/C21H19N3O4/c25-19(22-17-8-7-15-4-1-2-5-16(15)14-17)21(27)24-11-9-23(10-12-24)20(26)18-6-3-13-28-18/h1-8,13-14H,9-12H2,(H,22,25). The first kappa shape index (κ1) is 17.8. The lowest BCUT2D eigenvalue weighted by atomic mass is 10.1. The van der Waals surface area contributed by atoms with Crippen LogP contribution in [-0.4, -0.2) is 53.7 Å². The number of rotatable bonds is 2. The molecule has 7 heteroatoms. The molecule has 7 nitrogen and oxygen atoms in total. The van der Waals surface area contributed by atoms with Crippen molar-refractivity contribution in [3.63, 3.8) is 0 Å². The van der Waals surface area contributed by atoms with Crippen molar-refractivity contribution in [2.24, 2.45) is 0 Å². The summed E-state index contributed by atoms with van der Waals surface area (Å²) in [5.41, 5.74) is 0.573. The first-order chi connectivity index (χ1) is 13.6. The van der Waals surface area contributed by atoms with Crippen molar-refractivity contribution >= 4 is 34.2 Å². The van der Waals surface area contributed by atoms with E-state index in [1.54, 1.807) is 23.1 Å². The minimum absolute atomic E-state index is 0.210. The summed E-state index contributed by atoms with van der Waals surface area (Å²) in [5.74, 6) is -1.22. The molecule has 0 unspecified atom stereocenters. The molecule has 0 bridgehead atoms. The molecule has 1 saturated heterocycles. The Morgan fingerprint density at radius 2 is 1.54 bits per heavy atom. The Hall–Kier alpha value is -3.61. The molecule has 0 saturated carbocycles. The van der Waals surface area contributed by atoms with Crippen LogP contribution in [-0.2, 0) is 9.59 Å². The van der Waals surface area contributed by atoms with Crippen LogP contribution in [0.25, 0.3) is 10.8 Å². The molecule has 0 aliphatic carbocycles. The van der Waals surface area contributed by atoms with E-state index in [1.807, 2.05) is 36.4 Å². The molecule has 0 spiro atoms. The molecular weight excluding hydrogens is 358 g/mol. The van der Waals surface area contributed by atoms with Gasteiger partial charge in [-0.25, -0.2) is 0 Å². The van der Waals surface area contributed by atoms with Crippen molar-refractivity contribution in [3.8, 4) is 0 Å². The van der Waals surface area contributed by atoms with E-state index in [-0.39, 0.29) is 11.7 Å². The number of anilines is 1. The Balaban J connectivity index is 1.35. The van der Waals surface area contributed by atoms with Crippen LogP contribution in [0.4, 0.5) is 5.69 Å². The second kappa shape index (κ2) is 7.56. The maximum atomic E-state index is 12.5. The second-order valence-corrected chi connectivity index (χ2v) is 6.58. The van der Waals surface area contributed by atoms with Crippen molar-refractivity contribution < 1.29 is 18.8 Å². The molecule has 2 aromatic carbocycles. The summed E-state index contributed by atoms with van der Waals surface area (Å²) in [6.07, 6.45) is 1.45. The predicted octanol–water partition coefficient (Wildman–Crippen LogP) is 2.36. The first-order valence-electron chi connectivity index (χ1n) is 9.04. The van der Waals surface area contributed by atoms with E-state index in [4.69, 9.17) is 4.42 Å². The molecule has 3 amide bonds. The maximum absolute atomic E-state index is 12.5. The minimum atomic E-state index is -0.680. The monoisotopic (exact) mass is 377 g/mol. The molecule has 1 aromatic heterocycles. The molecule has 0 atom stereocenters. The summed E-state index contributed by atoms with van der Waals surface area (Å²) in [7, 11) is 0. The van der Waals surface area contributed by atoms with Crippen molar-refractivity contribution in [3.05, 3.63) is 66.6 Å². The molecular formula is C21H19N3O4. The third kappa shape index (κ3) is 3.59. The number of carbonyl (C=O) groups excluding carboxylic acids is 3. The number of nitrogens with one attached hydrogen (secondary N) is 1. The van der Waals surface area contributed by atoms with Crippen molar-refractivity contribution in [2.75, 3.05) is 31.5 Å². The normalized spacial score (nSPS) is 14.1. The molecule has 0 radical (unpaired) electrons. The fourth-order valence-corrected chi connectivity index (χ4v) is 3.26. The Bertz CT molecular complexity index is 1020. The smallest absolute Gasteiger partial charge is 0.313 e. The zero-order valence-corrected chi connectivity index (χ0v) is 15.1. The zero-order valence-electron chi connectivity index (χ0n) is 15.1. The van der Waals surface area contributed by atoms with Crippen LogP contribution < -0.4 is 5.32 Å². The van der Waals surface area contributed by atoms with Gasteiger partial charge in [0.1, 0.15) is 0 Å². The van der Waals surface area contributed by atoms with Gasteiger partial charge in [-0.2, -0.15) is 0 Å². The van der Waals surface area contributed by atoms with Crippen LogP contribution in [0.3, 0.4) is 0 Å². The molecule has 28 heavy (non-hydrogen) atoms. The van der Waals surface area contributed by atoms with Gasteiger partial charge in [0.15, 0.2) is 5.76 Å². The fraction of sp³-hybridized carbons (Fsp3) is 0.190. The maximum Gasteiger partial charge on any atom is 0.313 e. The molecule has 3 aromatic rings. The predicted molar refractivity (Wildman–Crippen MR) is 104 cm³/mol. The van der Waals surface area contributed by atoms with Crippen LogP contribution in [0, 0.1) is 0 Å². The summed E-state index contributed by atoms with van der Waals surface area (Å²) in [6.45, 7) is 1.32. The number of amides is 3. The van der Waals surface area contributed by atoms with Gasteiger partial charge < -0.3 is 19.5 Å². The molecule has 1 fully saturated rings. The van der Waals surface area contributed by atoms with E-state index in [0.29, 0.717) is 31.9 Å². The number of nitrogens with zero attached hydrogens (tertiary/aromatic N) is 2. The van der Waals surface area contributed by atoms with Gasteiger partial charge in [-0.1, -0.05) is 30.3 Å². The largest absolute Gasteiger partial charge is 0.459 e. The van der Waals surface area contributed by atoms with Crippen molar-refractivity contribution in [2.45, 2.75) is 0 Å². The first-order valence-corrected chi connectivity index (χ1v) is 9.04. The molecule has 4 rings (SSSR count). The summed E-state index contributed by atoms with van der Waals surface area (Å²) >= 11 is 0. The molecule has 1 aliphatic rings. The lowest BCUT2D eigenvalue weighted by Crippen LogP contribution is -2.52.